The molecule has 3 nitrogen and oxygen atoms in total. The van der Waals surface area contributed by atoms with Crippen molar-refractivity contribution < 1.29 is 9.50 Å². The van der Waals surface area contributed by atoms with Crippen molar-refractivity contribution in [1.29, 1.82) is 0 Å². The first kappa shape index (κ1) is 23.9. The SMILES string of the molecule is CCN(Cc1ccc(C#CC(C)(C)O)s1)CC1CCCN(CCc2cccc(F)c2)C1. The number of thiophene rings is 1. The number of aliphatic hydroxyl groups is 1. The summed E-state index contributed by atoms with van der Waals surface area (Å²) in [6, 6.07) is 11.2. The molecule has 31 heavy (non-hydrogen) atoms. The number of benzene rings is 1. The van der Waals surface area contributed by atoms with Crippen molar-refractivity contribution in [1.82, 2.24) is 9.80 Å². The van der Waals surface area contributed by atoms with Crippen LogP contribution in [0.25, 0.3) is 0 Å². The Kier molecular flexibility index (Phi) is 8.68. The minimum absolute atomic E-state index is 0.143. The lowest BCUT2D eigenvalue weighted by molar-refractivity contribution is 0.133. The van der Waals surface area contributed by atoms with Gasteiger partial charge in [0.1, 0.15) is 11.4 Å². The van der Waals surface area contributed by atoms with E-state index in [-0.39, 0.29) is 5.82 Å². The van der Waals surface area contributed by atoms with Gasteiger partial charge in [0.05, 0.1) is 4.88 Å². The molecule has 3 rings (SSSR count). The van der Waals surface area contributed by atoms with Crippen molar-refractivity contribution in [2.75, 3.05) is 32.7 Å². The summed E-state index contributed by atoms with van der Waals surface area (Å²) in [7, 11) is 0. The Balaban J connectivity index is 1.49. The van der Waals surface area contributed by atoms with E-state index < -0.39 is 5.60 Å². The first-order valence-electron chi connectivity index (χ1n) is 11.3. The van der Waals surface area contributed by atoms with E-state index in [1.807, 2.05) is 6.07 Å². The molecule has 1 aliphatic heterocycles. The second-order valence-electron chi connectivity index (χ2n) is 9.09. The van der Waals surface area contributed by atoms with Gasteiger partial charge in [-0.25, -0.2) is 4.39 Å². The van der Waals surface area contributed by atoms with Crippen molar-refractivity contribution >= 4 is 11.3 Å². The molecule has 2 heterocycles. The van der Waals surface area contributed by atoms with Crippen LogP contribution in [0.15, 0.2) is 36.4 Å². The molecule has 168 valence electrons. The van der Waals surface area contributed by atoms with Gasteiger partial charge >= 0.3 is 0 Å². The smallest absolute Gasteiger partial charge is 0.123 e. The quantitative estimate of drug-likeness (QED) is 0.596. The first-order chi connectivity index (χ1) is 14.8. The molecular weight excluding hydrogens is 407 g/mol. The minimum atomic E-state index is -0.957. The summed E-state index contributed by atoms with van der Waals surface area (Å²) in [5.74, 6) is 6.51. The Hall–Kier alpha value is -1.71. The molecule has 1 aromatic carbocycles. The number of hydrogen-bond acceptors (Lipinski definition) is 4. The molecule has 5 heteroatoms. The Bertz CT molecular complexity index is 893. The summed E-state index contributed by atoms with van der Waals surface area (Å²) in [5.41, 5.74) is 0.125. The van der Waals surface area contributed by atoms with Gasteiger partial charge in [-0.2, -0.15) is 0 Å². The highest BCUT2D eigenvalue weighted by Gasteiger charge is 2.22. The van der Waals surface area contributed by atoms with Crippen molar-refractivity contribution in [3.63, 3.8) is 0 Å². The lowest BCUT2D eigenvalue weighted by Gasteiger charge is -2.35. The molecule has 1 saturated heterocycles. The summed E-state index contributed by atoms with van der Waals surface area (Å²) >= 11 is 1.72. The summed E-state index contributed by atoms with van der Waals surface area (Å²) < 4.78 is 13.4. The maximum Gasteiger partial charge on any atom is 0.123 e. The number of likely N-dealkylation sites (tertiary alicyclic amines) is 1. The monoisotopic (exact) mass is 442 g/mol. The van der Waals surface area contributed by atoms with E-state index >= 15 is 0 Å². The van der Waals surface area contributed by atoms with Crippen molar-refractivity contribution in [2.45, 2.75) is 52.2 Å². The van der Waals surface area contributed by atoms with Crippen LogP contribution < -0.4 is 0 Å². The highest BCUT2D eigenvalue weighted by atomic mass is 32.1. The van der Waals surface area contributed by atoms with E-state index in [0.717, 1.165) is 56.1 Å². The molecule has 0 amide bonds. The Morgan fingerprint density at radius 1 is 1.29 bits per heavy atom. The molecule has 0 radical (unpaired) electrons. The van der Waals surface area contributed by atoms with Gasteiger partial charge in [-0.3, -0.25) is 4.90 Å². The van der Waals surface area contributed by atoms with Crippen molar-refractivity contribution in [3.05, 3.63) is 57.5 Å². The van der Waals surface area contributed by atoms with Gasteiger partial charge in [-0.15, -0.1) is 11.3 Å². The summed E-state index contributed by atoms with van der Waals surface area (Å²) in [6.07, 6.45) is 3.42. The normalized spacial score (nSPS) is 17.5. The third kappa shape index (κ3) is 8.38. The Labute approximate surface area is 190 Å². The average molecular weight is 443 g/mol. The number of hydrogen-bond donors (Lipinski definition) is 1. The standard InChI is InChI=1S/C26H35FN2OS/c1-4-28(20-25-11-10-24(31-25)12-14-26(2,3)30)18-22-8-6-15-29(19-22)16-13-21-7-5-9-23(27)17-21/h5,7,9-11,17,22,30H,4,6,8,13,15-16,18-20H2,1-3H3. The first-order valence-corrected chi connectivity index (χ1v) is 12.2. The van der Waals surface area contributed by atoms with Gasteiger partial charge in [0.15, 0.2) is 0 Å². The summed E-state index contributed by atoms with van der Waals surface area (Å²) in [6.45, 7) is 12.0. The second kappa shape index (κ2) is 11.2. The predicted molar refractivity (Wildman–Crippen MR) is 128 cm³/mol. The highest BCUT2D eigenvalue weighted by molar-refractivity contribution is 7.12. The number of rotatable bonds is 8. The van der Waals surface area contributed by atoms with E-state index in [0.29, 0.717) is 5.92 Å². The molecule has 2 aromatic rings. The third-order valence-electron chi connectivity index (χ3n) is 5.71. The van der Waals surface area contributed by atoms with Gasteiger partial charge in [0.2, 0.25) is 0 Å². The maximum absolute atomic E-state index is 13.4. The molecular formula is C26H35FN2OS. The Morgan fingerprint density at radius 3 is 2.87 bits per heavy atom. The number of halogens is 1. The van der Waals surface area contributed by atoms with E-state index in [4.69, 9.17) is 0 Å². The van der Waals surface area contributed by atoms with Crippen molar-refractivity contribution in [2.24, 2.45) is 5.92 Å². The van der Waals surface area contributed by atoms with E-state index in [9.17, 15) is 9.50 Å². The lowest BCUT2D eigenvalue weighted by Crippen LogP contribution is -2.41. The second-order valence-corrected chi connectivity index (χ2v) is 10.3. The molecule has 0 saturated carbocycles. The topological polar surface area (TPSA) is 26.7 Å². The van der Waals surface area contributed by atoms with Crippen LogP contribution in [0.3, 0.4) is 0 Å². The van der Waals surface area contributed by atoms with Crippen LogP contribution in [0, 0.1) is 23.6 Å². The largest absolute Gasteiger partial charge is 0.378 e. The maximum atomic E-state index is 13.4. The summed E-state index contributed by atoms with van der Waals surface area (Å²) in [5, 5.41) is 9.79. The molecule has 1 fully saturated rings. The molecule has 0 bridgehead atoms. The van der Waals surface area contributed by atoms with Crippen LogP contribution in [0.1, 0.15) is 48.9 Å². The van der Waals surface area contributed by atoms with Crippen LogP contribution in [0.4, 0.5) is 4.39 Å². The predicted octanol–water partition coefficient (Wildman–Crippen LogP) is 4.79. The van der Waals surface area contributed by atoms with Crippen LogP contribution in [-0.2, 0) is 13.0 Å². The van der Waals surface area contributed by atoms with Gasteiger partial charge in [0, 0.05) is 31.1 Å². The van der Waals surface area contributed by atoms with Crippen LogP contribution in [0.5, 0.6) is 0 Å². The lowest BCUT2D eigenvalue weighted by atomic mass is 9.97. The molecule has 0 spiro atoms. The summed E-state index contributed by atoms with van der Waals surface area (Å²) in [4.78, 5) is 7.40. The zero-order valence-electron chi connectivity index (χ0n) is 19.0. The van der Waals surface area contributed by atoms with E-state index in [1.54, 1.807) is 37.3 Å². The molecule has 1 N–H and O–H groups in total. The van der Waals surface area contributed by atoms with Gasteiger partial charge in [-0.1, -0.05) is 30.9 Å². The van der Waals surface area contributed by atoms with Gasteiger partial charge < -0.3 is 10.0 Å². The highest BCUT2D eigenvalue weighted by Crippen LogP contribution is 2.22. The van der Waals surface area contributed by atoms with Gasteiger partial charge in [-0.05, 0) is 81.9 Å². The van der Waals surface area contributed by atoms with Crippen LogP contribution >= 0.6 is 11.3 Å². The molecule has 1 aromatic heterocycles. The number of piperidine rings is 1. The number of nitrogens with zero attached hydrogens (tertiary/aromatic N) is 2. The van der Waals surface area contributed by atoms with Crippen molar-refractivity contribution in [3.8, 4) is 11.8 Å². The molecule has 1 unspecified atom stereocenters. The van der Waals surface area contributed by atoms with Gasteiger partial charge in [0.25, 0.3) is 0 Å². The van der Waals surface area contributed by atoms with Crippen LogP contribution in [0.2, 0.25) is 0 Å². The fourth-order valence-electron chi connectivity index (χ4n) is 4.12. The molecule has 1 aliphatic rings. The molecule has 1 atom stereocenters. The fourth-order valence-corrected chi connectivity index (χ4v) is 5.02. The third-order valence-corrected chi connectivity index (χ3v) is 6.69. The Morgan fingerprint density at radius 2 is 2.13 bits per heavy atom. The van der Waals surface area contributed by atoms with Crippen LogP contribution in [-0.4, -0.2) is 53.2 Å². The van der Waals surface area contributed by atoms with E-state index in [1.165, 1.54) is 23.8 Å². The minimum Gasteiger partial charge on any atom is -0.378 e. The molecule has 0 aliphatic carbocycles. The zero-order chi connectivity index (χ0) is 22.3. The average Bonchev–Trinajstić information content (AvgIpc) is 3.18. The zero-order valence-corrected chi connectivity index (χ0v) is 19.8. The van der Waals surface area contributed by atoms with E-state index in [2.05, 4.69) is 40.7 Å². The fraction of sp³-hybridized carbons (Fsp3) is 0.538.